The molecule has 1 saturated carbocycles. The van der Waals surface area contributed by atoms with Gasteiger partial charge >= 0.3 is 0 Å². The van der Waals surface area contributed by atoms with E-state index < -0.39 is 5.60 Å². The molecule has 1 aromatic rings. The molecule has 110 valence electrons. The highest BCUT2D eigenvalue weighted by Gasteiger charge is 2.43. The van der Waals surface area contributed by atoms with Crippen molar-refractivity contribution >= 4 is 17.2 Å². The second-order valence-electron chi connectivity index (χ2n) is 5.88. The summed E-state index contributed by atoms with van der Waals surface area (Å²) >= 11 is 1.43. The van der Waals surface area contributed by atoms with Crippen LogP contribution in [0.4, 0.5) is 0 Å². The number of hydrogen-bond acceptors (Lipinski definition) is 5. The lowest BCUT2D eigenvalue weighted by Crippen LogP contribution is -2.54. The number of aliphatic hydroxyl groups is 1. The normalized spacial score (nSPS) is 30.1. The molecule has 0 spiro atoms. The Balaban J connectivity index is 1.71. The molecule has 2 unspecified atom stereocenters. The number of amides is 1. The Bertz CT molecular complexity index is 504. The van der Waals surface area contributed by atoms with Gasteiger partial charge in [0.15, 0.2) is 0 Å². The Hall–Kier alpha value is -0.980. The molecule has 0 aromatic carbocycles. The molecule has 0 radical (unpaired) electrons. The Morgan fingerprint density at radius 1 is 1.55 bits per heavy atom. The SMILES string of the molecule is NCc1nc(C(=O)N2CCC3(O)CCCCC3C2)cs1. The number of carbonyl (C=O) groups excluding carboxylic acids is 1. The molecule has 1 aromatic heterocycles. The van der Waals surface area contributed by atoms with Crippen LogP contribution in [0.2, 0.25) is 0 Å². The van der Waals surface area contributed by atoms with Gasteiger partial charge in [-0.3, -0.25) is 4.79 Å². The maximum Gasteiger partial charge on any atom is 0.273 e. The average Bonchev–Trinajstić information content (AvgIpc) is 2.94. The maximum atomic E-state index is 12.5. The smallest absolute Gasteiger partial charge is 0.273 e. The highest BCUT2D eigenvalue weighted by atomic mass is 32.1. The molecule has 1 amide bonds. The Kier molecular flexibility index (Phi) is 3.79. The van der Waals surface area contributed by atoms with Crippen LogP contribution >= 0.6 is 11.3 Å². The fourth-order valence-electron chi connectivity index (χ4n) is 3.42. The number of hydrogen-bond donors (Lipinski definition) is 2. The maximum absolute atomic E-state index is 12.5. The Labute approximate surface area is 122 Å². The average molecular weight is 295 g/mol. The topological polar surface area (TPSA) is 79.5 Å². The highest BCUT2D eigenvalue weighted by Crippen LogP contribution is 2.40. The van der Waals surface area contributed by atoms with Crippen LogP contribution in [0.3, 0.4) is 0 Å². The molecular weight excluding hydrogens is 274 g/mol. The van der Waals surface area contributed by atoms with Crippen molar-refractivity contribution in [3.63, 3.8) is 0 Å². The van der Waals surface area contributed by atoms with E-state index in [0.29, 0.717) is 31.7 Å². The first kappa shape index (κ1) is 14.0. The molecule has 1 aliphatic carbocycles. The minimum atomic E-state index is -0.542. The number of rotatable bonds is 2. The van der Waals surface area contributed by atoms with Crippen LogP contribution in [0.5, 0.6) is 0 Å². The van der Waals surface area contributed by atoms with Crippen molar-refractivity contribution in [2.45, 2.75) is 44.2 Å². The summed E-state index contributed by atoms with van der Waals surface area (Å²) in [6.45, 7) is 1.66. The van der Waals surface area contributed by atoms with Crippen LogP contribution in [0.25, 0.3) is 0 Å². The number of likely N-dealkylation sites (tertiary alicyclic amines) is 1. The van der Waals surface area contributed by atoms with Gasteiger partial charge in [0.2, 0.25) is 0 Å². The standard InChI is InChI=1S/C14H21N3O2S/c15-7-12-16-11(9-20-12)13(18)17-6-5-14(19)4-2-1-3-10(14)8-17/h9-10,19H,1-8,15H2. The molecule has 2 fully saturated rings. The molecule has 2 aliphatic rings. The molecule has 6 heteroatoms. The number of aromatic nitrogens is 1. The molecule has 3 N–H and O–H groups in total. The number of nitrogens with two attached hydrogens (primary N) is 1. The highest BCUT2D eigenvalue weighted by molar-refractivity contribution is 7.09. The predicted octanol–water partition coefficient (Wildman–Crippen LogP) is 1.37. The number of fused-ring (bicyclic) bond motifs is 1. The summed E-state index contributed by atoms with van der Waals surface area (Å²) in [5, 5.41) is 13.2. The molecule has 20 heavy (non-hydrogen) atoms. The van der Waals surface area contributed by atoms with Crippen molar-refractivity contribution in [3.8, 4) is 0 Å². The summed E-state index contributed by atoms with van der Waals surface area (Å²) in [6, 6.07) is 0. The van der Waals surface area contributed by atoms with Crippen molar-refractivity contribution in [1.82, 2.24) is 9.88 Å². The number of piperidine rings is 1. The summed E-state index contributed by atoms with van der Waals surface area (Å²) in [6.07, 6.45) is 4.85. The van der Waals surface area contributed by atoms with Gasteiger partial charge in [-0.25, -0.2) is 4.98 Å². The zero-order valence-electron chi connectivity index (χ0n) is 11.5. The Morgan fingerprint density at radius 3 is 3.15 bits per heavy atom. The molecule has 1 saturated heterocycles. The van der Waals surface area contributed by atoms with Gasteiger partial charge in [-0.05, 0) is 19.3 Å². The van der Waals surface area contributed by atoms with E-state index in [9.17, 15) is 9.90 Å². The first-order valence-electron chi connectivity index (χ1n) is 7.28. The summed E-state index contributed by atoms with van der Waals surface area (Å²) < 4.78 is 0. The van der Waals surface area contributed by atoms with Crippen LogP contribution < -0.4 is 5.73 Å². The fraction of sp³-hybridized carbons (Fsp3) is 0.714. The summed E-state index contributed by atoms with van der Waals surface area (Å²) in [5.41, 5.74) is 5.49. The molecule has 3 rings (SSSR count). The minimum Gasteiger partial charge on any atom is -0.389 e. The van der Waals surface area contributed by atoms with Gasteiger partial charge in [-0.1, -0.05) is 12.8 Å². The largest absolute Gasteiger partial charge is 0.389 e. The van der Waals surface area contributed by atoms with Crippen LogP contribution in [0.15, 0.2) is 5.38 Å². The lowest BCUT2D eigenvalue weighted by atomic mass is 9.71. The molecule has 2 atom stereocenters. The lowest BCUT2D eigenvalue weighted by Gasteiger charge is -2.47. The first-order chi connectivity index (χ1) is 9.62. The zero-order valence-corrected chi connectivity index (χ0v) is 12.4. The Morgan fingerprint density at radius 2 is 2.40 bits per heavy atom. The number of carbonyl (C=O) groups is 1. The van der Waals surface area contributed by atoms with Crippen molar-refractivity contribution in [3.05, 3.63) is 16.1 Å². The molecule has 1 aliphatic heterocycles. The van der Waals surface area contributed by atoms with Gasteiger partial charge < -0.3 is 15.7 Å². The van der Waals surface area contributed by atoms with Crippen LogP contribution in [0.1, 0.15) is 47.6 Å². The second kappa shape index (κ2) is 5.42. The van der Waals surface area contributed by atoms with E-state index in [1.54, 1.807) is 5.38 Å². The molecule has 2 heterocycles. The van der Waals surface area contributed by atoms with E-state index in [1.807, 2.05) is 4.90 Å². The first-order valence-corrected chi connectivity index (χ1v) is 8.16. The zero-order chi connectivity index (χ0) is 14.2. The summed E-state index contributed by atoms with van der Waals surface area (Å²) in [4.78, 5) is 18.6. The van der Waals surface area contributed by atoms with E-state index in [2.05, 4.69) is 4.98 Å². The van der Waals surface area contributed by atoms with Crippen molar-refractivity contribution in [1.29, 1.82) is 0 Å². The third-order valence-electron chi connectivity index (χ3n) is 4.66. The van der Waals surface area contributed by atoms with Crippen LogP contribution in [-0.2, 0) is 6.54 Å². The third kappa shape index (κ3) is 2.47. The minimum absolute atomic E-state index is 0.0198. The second-order valence-corrected chi connectivity index (χ2v) is 6.82. The van der Waals surface area contributed by atoms with Crippen molar-refractivity contribution in [2.75, 3.05) is 13.1 Å². The van der Waals surface area contributed by atoms with Crippen LogP contribution in [0, 0.1) is 5.92 Å². The fourth-order valence-corrected chi connectivity index (χ4v) is 4.07. The van der Waals surface area contributed by atoms with E-state index in [0.717, 1.165) is 30.7 Å². The van der Waals surface area contributed by atoms with E-state index in [1.165, 1.54) is 11.3 Å². The number of nitrogens with zero attached hydrogens (tertiary/aromatic N) is 2. The van der Waals surface area contributed by atoms with Gasteiger partial charge in [0.05, 0.1) is 5.60 Å². The summed E-state index contributed by atoms with van der Waals surface area (Å²) in [5.74, 6) is 0.204. The van der Waals surface area contributed by atoms with Gasteiger partial charge in [-0.2, -0.15) is 0 Å². The molecule has 0 bridgehead atoms. The van der Waals surface area contributed by atoms with Gasteiger partial charge in [-0.15, -0.1) is 11.3 Å². The van der Waals surface area contributed by atoms with Gasteiger partial charge in [0.25, 0.3) is 5.91 Å². The molecule has 5 nitrogen and oxygen atoms in total. The predicted molar refractivity (Wildman–Crippen MR) is 77.4 cm³/mol. The van der Waals surface area contributed by atoms with E-state index in [4.69, 9.17) is 5.73 Å². The van der Waals surface area contributed by atoms with E-state index in [-0.39, 0.29) is 11.8 Å². The summed E-state index contributed by atoms with van der Waals surface area (Å²) in [7, 11) is 0. The monoisotopic (exact) mass is 295 g/mol. The van der Waals surface area contributed by atoms with Gasteiger partial charge in [0, 0.05) is 30.9 Å². The van der Waals surface area contributed by atoms with Crippen molar-refractivity contribution in [2.24, 2.45) is 11.7 Å². The van der Waals surface area contributed by atoms with Gasteiger partial charge in [0.1, 0.15) is 10.7 Å². The van der Waals surface area contributed by atoms with Crippen LogP contribution in [-0.4, -0.2) is 39.6 Å². The van der Waals surface area contributed by atoms with Crippen molar-refractivity contribution < 1.29 is 9.90 Å². The van der Waals surface area contributed by atoms with E-state index >= 15 is 0 Å². The number of thiazole rings is 1. The quantitative estimate of drug-likeness (QED) is 0.863. The molecular formula is C14H21N3O2S. The lowest BCUT2D eigenvalue weighted by molar-refractivity contribution is -0.0886. The third-order valence-corrected chi connectivity index (χ3v) is 5.53.